The van der Waals surface area contributed by atoms with E-state index in [0.29, 0.717) is 18.0 Å². The summed E-state index contributed by atoms with van der Waals surface area (Å²) in [5.74, 6) is -0.450. The van der Waals surface area contributed by atoms with Crippen LogP contribution in [0.5, 0.6) is 11.6 Å². The van der Waals surface area contributed by atoms with Gasteiger partial charge in [-0.15, -0.1) is 0 Å². The highest BCUT2D eigenvalue weighted by Gasteiger charge is 2.11. The normalized spacial score (nSPS) is 10.9. The molecule has 2 N–H and O–H groups in total. The number of rotatable bonds is 5. The first kappa shape index (κ1) is 15.2. The Bertz CT molecular complexity index is 683. The summed E-state index contributed by atoms with van der Waals surface area (Å²) in [5.41, 5.74) is 5.71. The smallest absolute Gasteiger partial charge is 0.313 e. The minimum atomic E-state index is -0.571. The van der Waals surface area contributed by atoms with E-state index in [1.807, 2.05) is 13.8 Å². The van der Waals surface area contributed by atoms with Crippen molar-refractivity contribution in [3.05, 3.63) is 52.3 Å². The number of aromatic nitrogens is 2. The molecule has 21 heavy (non-hydrogen) atoms. The van der Waals surface area contributed by atoms with E-state index in [1.165, 1.54) is 22.9 Å². The zero-order valence-electron chi connectivity index (χ0n) is 12.0. The highest BCUT2D eigenvalue weighted by atomic mass is 19.1. The Kier molecular flexibility index (Phi) is 4.70. The average Bonchev–Trinajstić information content (AvgIpc) is 2.44. The molecule has 6 heteroatoms. The predicted octanol–water partition coefficient (Wildman–Crippen LogP) is 2.29. The van der Waals surface area contributed by atoms with Crippen LogP contribution in [0.4, 0.5) is 4.39 Å². The van der Waals surface area contributed by atoms with Crippen molar-refractivity contribution in [3.8, 4) is 11.6 Å². The fourth-order valence-corrected chi connectivity index (χ4v) is 1.89. The predicted molar refractivity (Wildman–Crippen MR) is 77.7 cm³/mol. The second-order valence-corrected chi connectivity index (χ2v) is 5.15. The van der Waals surface area contributed by atoms with Gasteiger partial charge in [0.15, 0.2) is 11.6 Å². The summed E-state index contributed by atoms with van der Waals surface area (Å²) in [5, 5.41) is 0. The van der Waals surface area contributed by atoms with Crippen LogP contribution in [-0.4, -0.2) is 9.55 Å². The molecule has 1 aromatic heterocycles. The van der Waals surface area contributed by atoms with Gasteiger partial charge in [0.2, 0.25) is 0 Å². The van der Waals surface area contributed by atoms with Crippen molar-refractivity contribution in [2.45, 2.75) is 26.9 Å². The van der Waals surface area contributed by atoms with Crippen LogP contribution in [0.1, 0.15) is 19.4 Å². The molecular weight excluding hydrogens is 273 g/mol. The Balaban J connectivity index is 2.30. The lowest BCUT2D eigenvalue weighted by Crippen LogP contribution is -2.23. The van der Waals surface area contributed by atoms with E-state index in [4.69, 9.17) is 10.5 Å². The maximum absolute atomic E-state index is 13.8. The van der Waals surface area contributed by atoms with Gasteiger partial charge >= 0.3 is 5.56 Å². The zero-order chi connectivity index (χ0) is 15.4. The quantitative estimate of drug-likeness (QED) is 0.917. The van der Waals surface area contributed by atoms with Gasteiger partial charge in [-0.1, -0.05) is 19.9 Å². The molecule has 1 heterocycles. The molecular formula is C15H18FN3O2. The van der Waals surface area contributed by atoms with Gasteiger partial charge in [-0.3, -0.25) is 4.79 Å². The highest BCUT2D eigenvalue weighted by molar-refractivity contribution is 5.31. The standard InChI is InChI=1S/C15H18FN3O2/c1-10(2)9-19-6-5-18-14(15(19)20)21-13-4-3-11(8-17)7-12(13)16/h3-7,10H,8-9,17H2,1-2H3. The van der Waals surface area contributed by atoms with E-state index < -0.39 is 5.82 Å². The number of hydrogen-bond acceptors (Lipinski definition) is 4. The van der Waals surface area contributed by atoms with Gasteiger partial charge in [-0.05, 0) is 23.6 Å². The Morgan fingerprint density at radius 2 is 2.19 bits per heavy atom. The number of nitrogens with two attached hydrogens (primary N) is 1. The Morgan fingerprint density at radius 3 is 2.81 bits per heavy atom. The molecule has 2 aromatic rings. The van der Waals surface area contributed by atoms with E-state index in [-0.39, 0.29) is 23.7 Å². The summed E-state index contributed by atoms with van der Waals surface area (Å²) >= 11 is 0. The molecule has 0 saturated heterocycles. The van der Waals surface area contributed by atoms with Crippen molar-refractivity contribution in [2.24, 2.45) is 11.7 Å². The SMILES string of the molecule is CC(C)Cn1ccnc(Oc2ccc(CN)cc2F)c1=O. The molecule has 0 atom stereocenters. The van der Waals surface area contributed by atoms with Crippen LogP contribution < -0.4 is 16.0 Å². The molecule has 0 aliphatic carbocycles. The summed E-state index contributed by atoms with van der Waals surface area (Å²) in [6.45, 7) is 4.78. The molecule has 0 amide bonds. The van der Waals surface area contributed by atoms with Gasteiger partial charge in [-0.25, -0.2) is 9.37 Å². The van der Waals surface area contributed by atoms with Crippen LogP contribution in [0.25, 0.3) is 0 Å². The van der Waals surface area contributed by atoms with Crippen LogP contribution in [0.2, 0.25) is 0 Å². The van der Waals surface area contributed by atoms with Crippen LogP contribution >= 0.6 is 0 Å². The molecule has 0 spiro atoms. The van der Waals surface area contributed by atoms with Crippen molar-refractivity contribution >= 4 is 0 Å². The minimum absolute atomic E-state index is 0.0425. The second-order valence-electron chi connectivity index (χ2n) is 5.15. The largest absolute Gasteiger partial charge is 0.432 e. The molecule has 5 nitrogen and oxygen atoms in total. The van der Waals surface area contributed by atoms with Crippen molar-refractivity contribution in [1.29, 1.82) is 0 Å². The molecule has 0 unspecified atom stereocenters. The van der Waals surface area contributed by atoms with Gasteiger partial charge in [-0.2, -0.15) is 0 Å². The Hall–Kier alpha value is -2.21. The maximum atomic E-state index is 13.8. The van der Waals surface area contributed by atoms with Gasteiger partial charge in [0.1, 0.15) is 0 Å². The first-order valence-electron chi connectivity index (χ1n) is 6.73. The average molecular weight is 291 g/mol. The van der Waals surface area contributed by atoms with E-state index in [9.17, 15) is 9.18 Å². The lowest BCUT2D eigenvalue weighted by molar-refractivity contribution is 0.407. The summed E-state index contributed by atoms with van der Waals surface area (Å²) < 4.78 is 20.6. The van der Waals surface area contributed by atoms with Gasteiger partial charge in [0.05, 0.1) is 0 Å². The van der Waals surface area contributed by atoms with Crippen LogP contribution in [-0.2, 0) is 13.1 Å². The van der Waals surface area contributed by atoms with Crippen LogP contribution in [0, 0.1) is 11.7 Å². The van der Waals surface area contributed by atoms with Crippen molar-refractivity contribution in [3.63, 3.8) is 0 Å². The van der Waals surface area contributed by atoms with E-state index in [2.05, 4.69) is 4.98 Å². The van der Waals surface area contributed by atoms with Crippen molar-refractivity contribution < 1.29 is 9.13 Å². The molecule has 1 aromatic carbocycles. The molecule has 0 bridgehead atoms. The van der Waals surface area contributed by atoms with Gasteiger partial charge < -0.3 is 15.0 Å². The Labute approximate surface area is 122 Å². The third-order valence-electron chi connectivity index (χ3n) is 2.88. The van der Waals surface area contributed by atoms with Crippen LogP contribution in [0.3, 0.4) is 0 Å². The lowest BCUT2D eigenvalue weighted by atomic mass is 10.2. The molecule has 0 aliphatic rings. The monoisotopic (exact) mass is 291 g/mol. The van der Waals surface area contributed by atoms with Crippen molar-refractivity contribution in [1.82, 2.24) is 9.55 Å². The molecule has 112 valence electrons. The summed E-state index contributed by atoms with van der Waals surface area (Å²) in [6.07, 6.45) is 3.05. The first-order chi connectivity index (χ1) is 10.0. The van der Waals surface area contributed by atoms with Gasteiger partial charge in [0, 0.05) is 25.5 Å². The molecule has 2 rings (SSSR count). The third kappa shape index (κ3) is 3.66. The fourth-order valence-electron chi connectivity index (χ4n) is 1.89. The summed E-state index contributed by atoms with van der Waals surface area (Å²) in [4.78, 5) is 16.1. The lowest BCUT2D eigenvalue weighted by Gasteiger charge is -2.10. The van der Waals surface area contributed by atoms with Crippen LogP contribution in [0.15, 0.2) is 35.4 Å². The molecule has 0 saturated carbocycles. The molecule has 0 fully saturated rings. The number of hydrogen-bond donors (Lipinski definition) is 1. The number of halogens is 1. The number of nitrogens with zero attached hydrogens (tertiary/aromatic N) is 2. The zero-order valence-corrected chi connectivity index (χ0v) is 12.0. The van der Waals surface area contributed by atoms with E-state index in [0.717, 1.165) is 0 Å². The summed E-state index contributed by atoms with van der Waals surface area (Å²) in [6, 6.07) is 4.37. The Morgan fingerprint density at radius 1 is 1.43 bits per heavy atom. The number of ether oxygens (including phenoxy) is 1. The summed E-state index contributed by atoms with van der Waals surface area (Å²) in [7, 11) is 0. The maximum Gasteiger partial charge on any atom is 0.313 e. The van der Waals surface area contributed by atoms with E-state index in [1.54, 1.807) is 12.3 Å². The molecule has 0 aliphatic heterocycles. The van der Waals surface area contributed by atoms with Gasteiger partial charge in [0.25, 0.3) is 5.88 Å². The number of benzene rings is 1. The fraction of sp³-hybridized carbons (Fsp3) is 0.333. The van der Waals surface area contributed by atoms with Crippen molar-refractivity contribution in [2.75, 3.05) is 0 Å². The highest BCUT2D eigenvalue weighted by Crippen LogP contribution is 2.21. The second kappa shape index (κ2) is 6.49. The minimum Gasteiger partial charge on any atom is -0.432 e. The third-order valence-corrected chi connectivity index (χ3v) is 2.88. The molecule has 0 radical (unpaired) electrons. The first-order valence-corrected chi connectivity index (χ1v) is 6.73. The van der Waals surface area contributed by atoms with E-state index >= 15 is 0 Å². The topological polar surface area (TPSA) is 70.1 Å².